The van der Waals surface area contributed by atoms with E-state index in [2.05, 4.69) is 36.5 Å². The molecule has 0 saturated heterocycles. The maximum Gasteiger partial charge on any atom is 0.260 e. The van der Waals surface area contributed by atoms with Crippen LogP contribution in [0.4, 0.5) is 0 Å². The summed E-state index contributed by atoms with van der Waals surface area (Å²) in [5, 5.41) is 2.94. The van der Waals surface area contributed by atoms with E-state index in [1.165, 1.54) is 11.1 Å². The molecule has 1 amide bonds. The van der Waals surface area contributed by atoms with Crippen LogP contribution in [0.3, 0.4) is 0 Å². The fraction of sp³-hybridized carbons (Fsp3) is 0.350. The van der Waals surface area contributed by atoms with Crippen molar-refractivity contribution in [1.82, 2.24) is 5.32 Å². The second kappa shape index (κ2) is 8.37. The van der Waals surface area contributed by atoms with Crippen LogP contribution in [0.1, 0.15) is 30.0 Å². The van der Waals surface area contributed by atoms with Crippen molar-refractivity contribution in [2.45, 2.75) is 39.7 Å². The minimum Gasteiger partial charge on any atom is -0.481 e. The van der Waals surface area contributed by atoms with Gasteiger partial charge in [0.15, 0.2) is 6.10 Å². The number of ether oxygens (including phenoxy) is 1. The Morgan fingerprint density at radius 3 is 2.65 bits per heavy atom. The van der Waals surface area contributed by atoms with Crippen LogP contribution in [0.25, 0.3) is 0 Å². The number of carbonyl (C=O) groups is 1. The summed E-state index contributed by atoms with van der Waals surface area (Å²) in [5.74, 6) is 0.687. The first kappa shape index (κ1) is 17.1. The van der Waals surface area contributed by atoms with Gasteiger partial charge in [0, 0.05) is 6.54 Å². The fourth-order valence-electron chi connectivity index (χ4n) is 2.45. The monoisotopic (exact) mass is 311 g/mol. The predicted octanol–water partition coefficient (Wildman–Crippen LogP) is 3.82. The van der Waals surface area contributed by atoms with Crippen LogP contribution >= 0.6 is 0 Å². The molecule has 122 valence electrons. The summed E-state index contributed by atoms with van der Waals surface area (Å²) in [6.45, 7) is 6.51. The molecule has 1 atom stereocenters. The SMILES string of the molecule is Cc1cccc(CCCNC(=O)[C@H](C)Oc2ccccc2C)c1. The van der Waals surface area contributed by atoms with Crippen molar-refractivity contribution in [3.8, 4) is 5.75 Å². The average Bonchev–Trinajstić information content (AvgIpc) is 2.53. The highest BCUT2D eigenvalue weighted by atomic mass is 16.5. The number of para-hydroxylation sites is 1. The van der Waals surface area contributed by atoms with E-state index < -0.39 is 6.10 Å². The van der Waals surface area contributed by atoms with Gasteiger partial charge in [-0.1, -0.05) is 48.0 Å². The number of hydrogen-bond donors (Lipinski definition) is 1. The zero-order valence-electron chi connectivity index (χ0n) is 14.1. The molecule has 3 heteroatoms. The molecule has 0 fully saturated rings. The average molecular weight is 311 g/mol. The molecule has 0 heterocycles. The van der Waals surface area contributed by atoms with Gasteiger partial charge in [0.1, 0.15) is 5.75 Å². The summed E-state index contributed by atoms with van der Waals surface area (Å²) < 4.78 is 5.73. The summed E-state index contributed by atoms with van der Waals surface area (Å²) in [4.78, 5) is 12.1. The lowest BCUT2D eigenvalue weighted by Gasteiger charge is -2.16. The van der Waals surface area contributed by atoms with Gasteiger partial charge in [0.25, 0.3) is 5.91 Å². The van der Waals surface area contributed by atoms with E-state index in [4.69, 9.17) is 4.74 Å². The van der Waals surface area contributed by atoms with Gasteiger partial charge in [-0.3, -0.25) is 4.79 Å². The zero-order chi connectivity index (χ0) is 16.7. The number of rotatable bonds is 7. The van der Waals surface area contributed by atoms with Crippen LogP contribution in [0, 0.1) is 13.8 Å². The minimum atomic E-state index is -0.491. The summed E-state index contributed by atoms with van der Waals surface area (Å²) in [6.07, 6.45) is 1.40. The minimum absolute atomic E-state index is 0.0718. The van der Waals surface area contributed by atoms with Crippen molar-refractivity contribution >= 4 is 5.91 Å². The van der Waals surface area contributed by atoms with Crippen LogP contribution in [0.5, 0.6) is 5.75 Å². The Bertz CT molecular complexity index is 652. The highest BCUT2D eigenvalue weighted by molar-refractivity contribution is 5.80. The third-order valence-corrected chi connectivity index (χ3v) is 3.79. The smallest absolute Gasteiger partial charge is 0.260 e. The Morgan fingerprint density at radius 1 is 1.13 bits per heavy atom. The lowest BCUT2D eigenvalue weighted by Crippen LogP contribution is -2.37. The topological polar surface area (TPSA) is 38.3 Å². The van der Waals surface area contributed by atoms with Gasteiger partial charge in [-0.05, 0) is 50.8 Å². The number of hydrogen-bond acceptors (Lipinski definition) is 2. The van der Waals surface area contributed by atoms with Crippen molar-refractivity contribution in [2.75, 3.05) is 6.54 Å². The fourth-order valence-corrected chi connectivity index (χ4v) is 2.45. The van der Waals surface area contributed by atoms with Gasteiger partial charge in [-0.2, -0.15) is 0 Å². The third kappa shape index (κ3) is 5.44. The van der Waals surface area contributed by atoms with Crippen LogP contribution in [0.15, 0.2) is 48.5 Å². The molecule has 1 N–H and O–H groups in total. The molecule has 0 aliphatic heterocycles. The molecule has 0 spiro atoms. The number of nitrogens with one attached hydrogen (secondary N) is 1. The number of benzene rings is 2. The van der Waals surface area contributed by atoms with Crippen LogP contribution in [-0.2, 0) is 11.2 Å². The molecule has 0 saturated carbocycles. The summed E-state index contributed by atoms with van der Waals surface area (Å²) in [5.41, 5.74) is 3.61. The van der Waals surface area contributed by atoms with Gasteiger partial charge in [-0.15, -0.1) is 0 Å². The number of amides is 1. The second-order valence-corrected chi connectivity index (χ2v) is 5.91. The van der Waals surface area contributed by atoms with Crippen LogP contribution < -0.4 is 10.1 Å². The molecule has 0 bridgehead atoms. The van der Waals surface area contributed by atoms with Crippen molar-refractivity contribution in [1.29, 1.82) is 0 Å². The van der Waals surface area contributed by atoms with Crippen molar-refractivity contribution < 1.29 is 9.53 Å². The maximum absolute atomic E-state index is 12.1. The number of carbonyl (C=O) groups excluding carboxylic acids is 1. The first-order chi connectivity index (χ1) is 11.1. The molecule has 0 aliphatic rings. The van der Waals surface area contributed by atoms with E-state index in [1.54, 1.807) is 6.92 Å². The van der Waals surface area contributed by atoms with E-state index in [0.717, 1.165) is 24.2 Å². The molecular formula is C20H25NO2. The highest BCUT2D eigenvalue weighted by Gasteiger charge is 2.14. The molecule has 2 rings (SSSR count). The molecule has 3 nitrogen and oxygen atoms in total. The van der Waals surface area contributed by atoms with Gasteiger partial charge in [-0.25, -0.2) is 0 Å². The molecule has 0 aliphatic carbocycles. The van der Waals surface area contributed by atoms with E-state index in [1.807, 2.05) is 31.2 Å². The van der Waals surface area contributed by atoms with Crippen molar-refractivity contribution in [2.24, 2.45) is 0 Å². The predicted molar refractivity (Wildman–Crippen MR) is 93.8 cm³/mol. The van der Waals surface area contributed by atoms with Gasteiger partial charge < -0.3 is 10.1 Å². The second-order valence-electron chi connectivity index (χ2n) is 5.91. The molecule has 0 radical (unpaired) electrons. The molecule has 23 heavy (non-hydrogen) atoms. The first-order valence-electron chi connectivity index (χ1n) is 8.12. The van der Waals surface area contributed by atoms with Crippen molar-refractivity contribution in [3.63, 3.8) is 0 Å². The molecule has 2 aromatic carbocycles. The summed E-state index contributed by atoms with van der Waals surface area (Å²) >= 11 is 0. The summed E-state index contributed by atoms with van der Waals surface area (Å²) in [7, 11) is 0. The third-order valence-electron chi connectivity index (χ3n) is 3.79. The van der Waals surface area contributed by atoms with Gasteiger partial charge >= 0.3 is 0 Å². The van der Waals surface area contributed by atoms with Crippen LogP contribution in [-0.4, -0.2) is 18.6 Å². The highest BCUT2D eigenvalue weighted by Crippen LogP contribution is 2.17. The van der Waals surface area contributed by atoms with E-state index in [9.17, 15) is 4.79 Å². The van der Waals surface area contributed by atoms with E-state index in [0.29, 0.717) is 6.54 Å². The lowest BCUT2D eigenvalue weighted by molar-refractivity contribution is -0.127. The first-order valence-corrected chi connectivity index (χ1v) is 8.12. The molecule has 2 aromatic rings. The Morgan fingerprint density at radius 2 is 1.91 bits per heavy atom. The number of aryl methyl sites for hydroxylation is 3. The van der Waals surface area contributed by atoms with Gasteiger partial charge in [0.2, 0.25) is 0 Å². The Labute approximate surface area is 138 Å². The Hall–Kier alpha value is -2.29. The normalized spacial score (nSPS) is 11.8. The Balaban J connectivity index is 1.73. The van der Waals surface area contributed by atoms with Crippen molar-refractivity contribution in [3.05, 3.63) is 65.2 Å². The lowest BCUT2D eigenvalue weighted by atomic mass is 10.1. The van der Waals surface area contributed by atoms with E-state index in [-0.39, 0.29) is 5.91 Å². The van der Waals surface area contributed by atoms with Crippen LogP contribution in [0.2, 0.25) is 0 Å². The zero-order valence-corrected chi connectivity index (χ0v) is 14.1. The largest absolute Gasteiger partial charge is 0.481 e. The summed E-state index contributed by atoms with van der Waals surface area (Å²) in [6, 6.07) is 16.2. The molecular weight excluding hydrogens is 286 g/mol. The molecule has 0 unspecified atom stereocenters. The van der Waals surface area contributed by atoms with E-state index >= 15 is 0 Å². The van der Waals surface area contributed by atoms with Gasteiger partial charge in [0.05, 0.1) is 0 Å². The standard InChI is InChI=1S/C20H25NO2/c1-15-8-6-10-18(14-15)11-7-13-21-20(22)17(3)23-19-12-5-4-9-16(19)2/h4-6,8-10,12,14,17H,7,11,13H2,1-3H3,(H,21,22)/t17-/m0/s1. The Kier molecular flexibility index (Phi) is 6.21. The molecule has 0 aromatic heterocycles. The quantitative estimate of drug-likeness (QED) is 0.789. The maximum atomic E-state index is 12.1.